The Hall–Kier alpha value is -2.55. The van der Waals surface area contributed by atoms with Crippen LogP contribution in [-0.2, 0) is 30.1 Å². The quantitative estimate of drug-likeness (QED) is 0.663. The Morgan fingerprint density at radius 3 is 2.10 bits per heavy atom. The van der Waals surface area contributed by atoms with E-state index in [9.17, 15) is 31.1 Å². The average Bonchev–Trinajstić information content (AvgIpc) is 2.65. The number of halogens is 6. The van der Waals surface area contributed by atoms with Crippen molar-refractivity contribution in [1.82, 2.24) is 4.90 Å². The van der Waals surface area contributed by atoms with Crippen LogP contribution in [0.25, 0.3) is 0 Å². The summed E-state index contributed by atoms with van der Waals surface area (Å²) in [4.78, 5) is 13.6. The van der Waals surface area contributed by atoms with Gasteiger partial charge < -0.3 is 9.64 Å². The van der Waals surface area contributed by atoms with E-state index in [2.05, 4.69) is 0 Å². The van der Waals surface area contributed by atoms with Gasteiger partial charge in [0.15, 0.2) is 0 Å². The number of fused-ring (bicyclic) bond motifs is 1. The fourth-order valence-corrected chi connectivity index (χ4v) is 3.21. The summed E-state index contributed by atoms with van der Waals surface area (Å²) >= 11 is 0. The summed E-state index contributed by atoms with van der Waals surface area (Å²) in [5.41, 5.74) is -1.68. The number of hydrogen-bond acceptors (Lipinski definition) is 2. The molecule has 0 bridgehead atoms. The Labute approximate surface area is 162 Å². The molecule has 0 aliphatic carbocycles. The first-order valence-electron chi connectivity index (χ1n) is 8.68. The molecular weight excluding hydrogens is 400 g/mol. The second-order valence-electron chi connectivity index (χ2n) is 6.89. The summed E-state index contributed by atoms with van der Waals surface area (Å²) in [7, 11) is 1.32. The zero-order valence-electron chi connectivity index (χ0n) is 15.3. The molecule has 0 radical (unpaired) electrons. The maximum absolute atomic E-state index is 13.0. The summed E-state index contributed by atoms with van der Waals surface area (Å²) < 4.78 is 83.7. The van der Waals surface area contributed by atoms with Crippen molar-refractivity contribution in [2.75, 3.05) is 13.6 Å². The number of alkyl halides is 6. The van der Waals surface area contributed by atoms with Crippen LogP contribution in [0.5, 0.6) is 0 Å². The first-order valence-corrected chi connectivity index (χ1v) is 8.68. The molecule has 3 nitrogen and oxygen atoms in total. The first-order chi connectivity index (χ1) is 13.4. The summed E-state index contributed by atoms with van der Waals surface area (Å²) in [5.74, 6) is -0.941. The molecule has 9 heteroatoms. The van der Waals surface area contributed by atoms with Crippen molar-refractivity contribution < 1.29 is 35.9 Å². The lowest BCUT2D eigenvalue weighted by Gasteiger charge is -2.29. The van der Waals surface area contributed by atoms with Gasteiger partial charge in [-0.3, -0.25) is 4.79 Å². The Balaban J connectivity index is 1.80. The van der Waals surface area contributed by atoms with E-state index in [1.165, 1.54) is 7.05 Å². The standard InChI is InChI=1S/C20H17F6NO2/c1-27(10-17-8-12-4-2-3-5-13(12)11-29-17)18(28)14-6-15(19(21,22)23)9-16(7-14)20(24,25)26/h2-7,9,17H,8,10-11H2,1H3. The molecule has 29 heavy (non-hydrogen) atoms. The predicted octanol–water partition coefficient (Wildman–Crippen LogP) is 4.94. The molecule has 156 valence electrons. The number of likely N-dealkylation sites (N-methyl/N-ethyl adjacent to an activating group) is 1. The second kappa shape index (κ2) is 7.70. The third kappa shape index (κ3) is 4.90. The van der Waals surface area contributed by atoms with Gasteiger partial charge in [0.1, 0.15) is 0 Å². The Kier molecular flexibility index (Phi) is 5.62. The molecule has 2 aromatic carbocycles. The molecule has 0 fully saturated rings. The number of ether oxygens (including phenoxy) is 1. The zero-order chi connectivity index (χ0) is 21.4. The van der Waals surface area contributed by atoms with Gasteiger partial charge in [0.25, 0.3) is 5.91 Å². The minimum absolute atomic E-state index is 0.00203. The minimum atomic E-state index is -5.01. The van der Waals surface area contributed by atoms with E-state index in [4.69, 9.17) is 4.74 Å². The lowest BCUT2D eigenvalue weighted by molar-refractivity contribution is -0.143. The highest BCUT2D eigenvalue weighted by molar-refractivity contribution is 5.94. The highest BCUT2D eigenvalue weighted by atomic mass is 19.4. The van der Waals surface area contributed by atoms with Crippen molar-refractivity contribution in [1.29, 1.82) is 0 Å². The molecule has 0 saturated heterocycles. The van der Waals surface area contributed by atoms with E-state index in [-0.39, 0.29) is 12.6 Å². The highest BCUT2D eigenvalue weighted by Crippen LogP contribution is 2.36. The van der Waals surface area contributed by atoms with Crippen molar-refractivity contribution in [3.8, 4) is 0 Å². The number of benzene rings is 2. The van der Waals surface area contributed by atoms with Gasteiger partial charge in [-0.2, -0.15) is 26.3 Å². The fourth-order valence-electron chi connectivity index (χ4n) is 3.21. The van der Waals surface area contributed by atoms with Crippen molar-refractivity contribution in [2.24, 2.45) is 0 Å². The SMILES string of the molecule is CN(CC1Cc2ccccc2CO1)C(=O)c1cc(C(F)(F)F)cc(C(F)(F)F)c1. The zero-order valence-corrected chi connectivity index (χ0v) is 15.3. The van der Waals surface area contributed by atoms with Crippen molar-refractivity contribution >= 4 is 5.91 Å². The molecule has 1 unspecified atom stereocenters. The lowest BCUT2D eigenvalue weighted by Crippen LogP contribution is -2.38. The predicted molar refractivity (Wildman–Crippen MR) is 92.1 cm³/mol. The maximum Gasteiger partial charge on any atom is 0.416 e. The van der Waals surface area contributed by atoms with E-state index < -0.39 is 41.1 Å². The monoisotopic (exact) mass is 417 g/mol. The number of rotatable bonds is 3. The van der Waals surface area contributed by atoms with Crippen LogP contribution in [-0.4, -0.2) is 30.5 Å². The van der Waals surface area contributed by atoms with Crippen LogP contribution in [0.2, 0.25) is 0 Å². The number of hydrogen-bond donors (Lipinski definition) is 0. The van der Waals surface area contributed by atoms with Crippen molar-refractivity contribution in [2.45, 2.75) is 31.5 Å². The maximum atomic E-state index is 13.0. The summed E-state index contributed by atoms with van der Waals surface area (Å²) in [6.07, 6.45) is -9.94. The van der Waals surface area contributed by atoms with Crippen LogP contribution in [0.1, 0.15) is 32.6 Å². The lowest BCUT2D eigenvalue weighted by atomic mass is 9.98. The van der Waals surface area contributed by atoms with E-state index in [0.29, 0.717) is 25.2 Å². The number of carbonyl (C=O) groups is 1. The van der Waals surface area contributed by atoms with Gasteiger partial charge in [-0.15, -0.1) is 0 Å². The van der Waals surface area contributed by atoms with Gasteiger partial charge in [-0.05, 0) is 29.3 Å². The van der Waals surface area contributed by atoms with Gasteiger partial charge in [0.05, 0.1) is 23.8 Å². The van der Waals surface area contributed by atoms with Crippen LogP contribution >= 0.6 is 0 Å². The molecule has 1 aliphatic rings. The number of carbonyl (C=O) groups excluding carboxylic acids is 1. The van der Waals surface area contributed by atoms with Crippen LogP contribution < -0.4 is 0 Å². The molecule has 3 rings (SSSR count). The molecule has 0 N–H and O–H groups in total. The second-order valence-corrected chi connectivity index (χ2v) is 6.89. The number of amides is 1. The summed E-state index contributed by atoms with van der Waals surface area (Å²) in [5, 5.41) is 0. The van der Waals surface area contributed by atoms with Crippen molar-refractivity contribution in [3.63, 3.8) is 0 Å². The normalized spacial score (nSPS) is 17.0. The third-order valence-electron chi connectivity index (χ3n) is 4.70. The van der Waals surface area contributed by atoms with E-state index in [1.54, 1.807) is 0 Å². The largest absolute Gasteiger partial charge is 0.416 e. The number of nitrogens with zero attached hydrogens (tertiary/aromatic N) is 1. The van der Waals surface area contributed by atoms with E-state index >= 15 is 0 Å². The first kappa shape index (κ1) is 21.2. The van der Waals surface area contributed by atoms with E-state index in [0.717, 1.165) is 16.0 Å². The molecule has 1 aliphatic heterocycles. The van der Waals surface area contributed by atoms with Crippen molar-refractivity contribution in [3.05, 3.63) is 70.3 Å². The highest BCUT2D eigenvalue weighted by Gasteiger charge is 2.38. The Bertz CT molecular complexity index is 874. The fraction of sp³-hybridized carbons (Fsp3) is 0.350. The topological polar surface area (TPSA) is 29.5 Å². The minimum Gasteiger partial charge on any atom is -0.371 e. The molecule has 1 heterocycles. The Morgan fingerprint density at radius 2 is 1.55 bits per heavy atom. The molecule has 1 amide bonds. The molecular formula is C20H17F6NO2. The van der Waals surface area contributed by atoms with Crippen LogP contribution in [0.3, 0.4) is 0 Å². The third-order valence-corrected chi connectivity index (χ3v) is 4.70. The van der Waals surface area contributed by atoms with E-state index in [1.807, 2.05) is 24.3 Å². The summed E-state index contributed by atoms with van der Waals surface area (Å²) in [6, 6.07) is 8.41. The van der Waals surface area contributed by atoms with Crippen LogP contribution in [0, 0.1) is 0 Å². The van der Waals surface area contributed by atoms with Gasteiger partial charge in [-0.1, -0.05) is 24.3 Å². The van der Waals surface area contributed by atoms with Crippen LogP contribution in [0.15, 0.2) is 42.5 Å². The molecule has 0 saturated carbocycles. The molecule has 0 spiro atoms. The summed E-state index contributed by atoms with van der Waals surface area (Å²) in [6.45, 7) is 0.357. The van der Waals surface area contributed by atoms with Gasteiger partial charge in [0.2, 0.25) is 0 Å². The van der Waals surface area contributed by atoms with Gasteiger partial charge in [0, 0.05) is 25.6 Å². The van der Waals surface area contributed by atoms with Gasteiger partial charge in [-0.25, -0.2) is 0 Å². The molecule has 0 aromatic heterocycles. The Morgan fingerprint density at radius 1 is 1.00 bits per heavy atom. The average molecular weight is 417 g/mol. The van der Waals surface area contributed by atoms with Gasteiger partial charge >= 0.3 is 12.4 Å². The molecule has 1 atom stereocenters. The molecule has 2 aromatic rings. The van der Waals surface area contributed by atoms with Crippen LogP contribution in [0.4, 0.5) is 26.3 Å². The smallest absolute Gasteiger partial charge is 0.371 e.